The van der Waals surface area contributed by atoms with Gasteiger partial charge in [0.15, 0.2) is 5.82 Å². The van der Waals surface area contributed by atoms with Crippen molar-refractivity contribution >= 4 is 36.2 Å². The van der Waals surface area contributed by atoms with Crippen LogP contribution in [0.4, 0.5) is 10.6 Å². The molecule has 1 aliphatic carbocycles. The van der Waals surface area contributed by atoms with E-state index in [0.29, 0.717) is 11.6 Å². The predicted octanol–water partition coefficient (Wildman–Crippen LogP) is 3.21. The van der Waals surface area contributed by atoms with Crippen LogP contribution in [0.5, 0.6) is 0 Å². The van der Waals surface area contributed by atoms with Crippen LogP contribution in [0.2, 0.25) is 0 Å². The van der Waals surface area contributed by atoms with Crippen molar-refractivity contribution in [2.45, 2.75) is 44.7 Å². The molecule has 3 aromatic rings. The number of amides is 3. The number of aromatic nitrogens is 2. The minimum absolute atomic E-state index is 0.0128. The van der Waals surface area contributed by atoms with Gasteiger partial charge in [-0.2, -0.15) is 0 Å². The number of hydrogen-bond donors (Lipinski definition) is 4. The second-order valence-corrected chi connectivity index (χ2v) is 10.8. The Balaban J connectivity index is 0.00000160. The number of carboxylic acid groups (broad SMARTS) is 2. The quantitative estimate of drug-likeness (QED) is 0.237. The van der Waals surface area contributed by atoms with E-state index in [9.17, 15) is 24.3 Å². The lowest BCUT2D eigenvalue weighted by Gasteiger charge is -2.35. The van der Waals surface area contributed by atoms with E-state index in [1.165, 1.54) is 20.9 Å². The fraction of sp³-hybridized carbons (Fsp3) is 0.364. The van der Waals surface area contributed by atoms with Crippen LogP contribution < -0.4 is 10.6 Å². The van der Waals surface area contributed by atoms with E-state index in [0.717, 1.165) is 18.4 Å². The molecule has 0 saturated carbocycles. The zero-order chi connectivity index (χ0) is 33.8. The van der Waals surface area contributed by atoms with Gasteiger partial charge in [0.1, 0.15) is 17.6 Å². The highest BCUT2D eigenvalue weighted by molar-refractivity contribution is 5.97. The minimum atomic E-state index is -1.10. The monoisotopic (exact) mass is 646 g/mol. The van der Waals surface area contributed by atoms with Gasteiger partial charge in [-0.25, -0.2) is 14.8 Å². The Labute approximate surface area is 271 Å². The third-order valence-electron chi connectivity index (χ3n) is 7.81. The van der Waals surface area contributed by atoms with Gasteiger partial charge in [0.05, 0.1) is 12.6 Å². The summed E-state index contributed by atoms with van der Waals surface area (Å²) in [5.74, 6) is -1.31. The predicted molar refractivity (Wildman–Crippen MR) is 171 cm³/mol. The van der Waals surface area contributed by atoms with E-state index in [2.05, 4.69) is 27.8 Å². The van der Waals surface area contributed by atoms with Crippen LogP contribution in [-0.2, 0) is 25.5 Å². The zero-order valence-corrected chi connectivity index (χ0v) is 26.0. The number of fused-ring (bicyclic) bond motifs is 1. The SMILES string of the molecule is CCOC(=O)N1CCN(C(=O)[C@H](CCC(=O)O)NC(=O)c2cc(N[C@@H]3CCc4ccccc43)nc(-c3ccccc3)n2)CC1.O=CO. The molecular weight excluding hydrogens is 608 g/mol. The maximum Gasteiger partial charge on any atom is 0.409 e. The van der Waals surface area contributed by atoms with Gasteiger partial charge in [0.25, 0.3) is 12.4 Å². The summed E-state index contributed by atoms with van der Waals surface area (Å²) in [7, 11) is 0. The average molecular weight is 647 g/mol. The lowest BCUT2D eigenvalue weighted by atomic mass is 10.1. The van der Waals surface area contributed by atoms with E-state index < -0.39 is 29.9 Å². The van der Waals surface area contributed by atoms with Gasteiger partial charge in [-0.05, 0) is 37.3 Å². The van der Waals surface area contributed by atoms with E-state index in [1.54, 1.807) is 13.0 Å². The second kappa shape index (κ2) is 16.7. The summed E-state index contributed by atoms with van der Waals surface area (Å²) in [6.07, 6.45) is 0.948. The van der Waals surface area contributed by atoms with E-state index in [4.69, 9.17) is 19.6 Å². The van der Waals surface area contributed by atoms with Gasteiger partial charge in [0, 0.05) is 44.2 Å². The molecule has 0 bridgehead atoms. The van der Waals surface area contributed by atoms with Crippen molar-refractivity contribution in [3.63, 3.8) is 0 Å². The molecule has 0 radical (unpaired) electrons. The number of anilines is 1. The number of piperazine rings is 1. The van der Waals surface area contributed by atoms with Crippen LogP contribution in [0.25, 0.3) is 11.4 Å². The largest absolute Gasteiger partial charge is 0.483 e. The molecule has 4 N–H and O–H groups in total. The Bertz CT molecular complexity index is 1560. The van der Waals surface area contributed by atoms with Crippen LogP contribution in [-0.4, -0.2) is 99.2 Å². The number of carboxylic acids is 1. The van der Waals surface area contributed by atoms with E-state index >= 15 is 0 Å². The molecule has 1 aromatic heterocycles. The highest BCUT2D eigenvalue weighted by atomic mass is 16.6. The molecule has 2 heterocycles. The van der Waals surface area contributed by atoms with Crippen molar-refractivity contribution < 1.29 is 38.9 Å². The minimum Gasteiger partial charge on any atom is -0.483 e. The summed E-state index contributed by atoms with van der Waals surface area (Å²) in [5, 5.41) is 22.4. The van der Waals surface area contributed by atoms with Gasteiger partial charge in [-0.3, -0.25) is 19.2 Å². The van der Waals surface area contributed by atoms with Crippen LogP contribution >= 0.6 is 0 Å². The molecule has 2 aromatic carbocycles. The Kier molecular flexibility index (Phi) is 12.2. The molecule has 3 amide bonds. The van der Waals surface area contributed by atoms with Gasteiger partial charge in [-0.15, -0.1) is 0 Å². The fourth-order valence-corrected chi connectivity index (χ4v) is 5.54. The highest BCUT2D eigenvalue weighted by Crippen LogP contribution is 2.33. The molecule has 0 spiro atoms. The summed E-state index contributed by atoms with van der Waals surface area (Å²) in [6.45, 7) is 2.74. The Morgan fingerprint density at radius 1 is 1.00 bits per heavy atom. The molecule has 1 saturated heterocycles. The van der Waals surface area contributed by atoms with Gasteiger partial charge in [-0.1, -0.05) is 54.6 Å². The number of hydrogen-bond acceptors (Lipinski definition) is 9. The van der Waals surface area contributed by atoms with Crippen molar-refractivity contribution in [3.8, 4) is 11.4 Å². The van der Waals surface area contributed by atoms with Crippen LogP contribution in [0.3, 0.4) is 0 Å². The molecule has 5 rings (SSSR count). The first-order valence-corrected chi connectivity index (χ1v) is 15.3. The smallest absolute Gasteiger partial charge is 0.409 e. The number of benzene rings is 2. The van der Waals surface area contributed by atoms with Crippen LogP contribution in [0.1, 0.15) is 53.8 Å². The third-order valence-corrected chi connectivity index (χ3v) is 7.81. The molecule has 14 heteroatoms. The molecule has 1 aliphatic heterocycles. The molecule has 0 unspecified atom stereocenters. The van der Waals surface area contributed by atoms with Gasteiger partial charge < -0.3 is 35.4 Å². The first-order valence-electron chi connectivity index (χ1n) is 15.3. The van der Waals surface area contributed by atoms with Crippen molar-refractivity contribution in [1.82, 2.24) is 25.1 Å². The summed E-state index contributed by atoms with van der Waals surface area (Å²) in [5.41, 5.74) is 3.21. The number of rotatable bonds is 10. The summed E-state index contributed by atoms with van der Waals surface area (Å²) in [4.78, 5) is 71.3. The number of aryl methyl sites for hydroxylation is 1. The van der Waals surface area contributed by atoms with Crippen molar-refractivity contribution in [2.75, 3.05) is 38.1 Å². The van der Waals surface area contributed by atoms with Gasteiger partial charge >= 0.3 is 12.1 Å². The average Bonchev–Trinajstić information content (AvgIpc) is 3.49. The maximum atomic E-state index is 13.7. The van der Waals surface area contributed by atoms with Crippen molar-refractivity contribution in [3.05, 3.63) is 77.5 Å². The topological polar surface area (TPSA) is 191 Å². The Morgan fingerprint density at radius 3 is 2.34 bits per heavy atom. The number of aliphatic carboxylic acids is 1. The number of nitrogens with zero attached hydrogens (tertiary/aromatic N) is 4. The standard InChI is InChI=1S/C32H36N6O6.CH2O2/c1-2-44-32(43)38-18-16-37(17-19-38)31(42)25(14-15-28(39)40)35-30(41)26-20-27(36-29(34-26)22-9-4-3-5-10-22)33-24-13-12-21-8-6-7-11-23(21)24;2-1-3/h3-11,20,24-25H,2,12-19H2,1H3,(H,35,41)(H,39,40)(H,33,34,36);1H,(H,2,3)/t24-,25+;/m1./s1. The highest BCUT2D eigenvalue weighted by Gasteiger charge is 2.31. The number of carbonyl (C=O) groups is 5. The summed E-state index contributed by atoms with van der Waals surface area (Å²) in [6, 6.07) is 18.0. The first kappa shape index (κ1) is 34.3. The Morgan fingerprint density at radius 2 is 1.66 bits per heavy atom. The fourth-order valence-electron chi connectivity index (χ4n) is 5.54. The molecule has 2 atom stereocenters. The van der Waals surface area contributed by atoms with Crippen LogP contribution in [0.15, 0.2) is 60.7 Å². The van der Waals surface area contributed by atoms with E-state index in [1.807, 2.05) is 42.5 Å². The Hall–Kier alpha value is -5.53. The summed E-state index contributed by atoms with van der Waals surface area (Å²) >= 11 is 0. The van der Waals surface area contributed by atoms with Crippen LogP contribution in [0, 0.1) is 0 Å². The molecule has 1 fully saturated rings. The van der Waals surface area contributed by atoms with E-state index in [-0.39, 0.29) is 63.8 Å². The number of nitrogens with one attached hydrogen (secondary N) is 2. The third kappa shape index (κ3) is 9.25. The number of ether oxygens (including phenoxy) is 1. The number of carbonyl (C=O) groups excluding carboxylic acids is 3. The molecule has 47 heavy (non-hydrogen) atoms. The molecular formula is C33H38N6O8. The molecule has 2 aliphatic rings. The zero-order valence-electron chi connectivity index (χ0n) is 26.0. The lowest BCUT2D eigenvalue weighted by molar-refractivity contribution is -0.138. The molecule has 14 nitrogen and oxygen atoms in total. The molecule has 248 valence electrons. The lowest BCUT2D eigenvalue weighted by Crippen LogP contribution is -2.56. The van der Waals surface area contributed by atoms with Gasteiger partial charge in [0.2, 0.25) is 5.91 Å². The van der Waals surface area contributed by atoms with Crippen molar-refractivity contribution in [1.29, 1.82) is 0 Å². The first-order chi connectivity index (χ1) is 22.7. The van der Waals surface area contributed by atoms with Crippen molar-refractivity contribution in [2.24, 2.45) is 0 Å². The normalized spacial score (nSPS) is 15.7. The maximum absolute atomic E-state index is 13.7. The summed E-state index contributed by atoms with van der Waals surface area (Å²) < 4.78 is 5.05. The second-order valence-electron chi connectivity index (χ2n) is 10.8.